The van der Waals surface area contributed by atoms with Crippen LogP contribution >= 0.6 is 0 Å². The lowest BCUT2D eigenvalue weighted by molar-refractivity contribution is 0.398. The summed E-state index contributed by atoms with van der Waals surface area (Å²) in [5, 5.41) is 0. The minimum Gasteiger partial charge on any atom is -0.346 e. The largest absolute Gasteiger partial charge is 0.346 e. The van der Waals surface area contributed by atoms with Gasteiger partial charge in [0.05, 0.1) is 11.4 Å². The Bertz CT molecular complexity index is 791. The lowest BCUT2D eigenvalue weighted by atomic mass is 10.0. The van der Waals surface area contributed by atoms with Crippen LogP contribution in [0.15, 0.2) is 60.3 Å². The van der Waals surface area contributed by atoms with Crippen LogP contribution in [-0.4, -0.2) is 22.9 Å². The zero-order valence-corrected chi connectivity index (χ0v) is 32.6. The van der Waals surface area contributed by atoms with Gasteiger partial charge < -0.3 is 9.80 Å². The van der Waals surface area contributed by atoms with Gasteiger partial charge in [-0.2, -0.15) is 0 Å². The fourth-order valence-corrected chi connectivity index (χ4v) is 7.47. The summed E-state index contributed by atoms with van der Waals surface area (Å²) in [5.41, 5.74) is 2.74. The molecule has 2 aliphatic rings. The van der Waals surface area contributed by atoms with E-state index in [1.165, 1.54) is 217 Å². The van der Waals surface area contributed by atoms with Crippen molar-refractivity contribution in [2.24, 2.45) is 0 Å². The lowest BCUT2D eigenvalue weighted by Gasteiger charge is -2.31. The third kappa shape index (κ3) is 22.8. The Morgan fingerprint density at radius 1 is 0.292 bits per heavy atom. The molecule has 2 nitrogen and oxygen atoms in total. The van der Waals surface area contributed by atoms with Crippen molar-refractivity contribution in [2.75, 3.05) is 13.1 Å². The Balaban J connectivity index is 1.49. The molecule has 0 atom stereocenters. The predicted octanol–water partition coefficient (Wildman–Crippen LogP) is 15.5. The molecule has 0 aliphatic carbocycles. The molecule has 0 aromatic heterocycles. The van der Waals surface area contributed by atoms with Gasteiger partial charge in [-0.15, -0.1) is 0 Å². The highest BCUT2D eigenvalue weighted by molar-refractivity contribution is 5.40. The minimum atomic E-state index is 1.13. The second-order valence-corrected chi connectivity index (χ2v) is 15.2. The van der Waals surface area contributed by atoms with Gasteiger partial charge in [-0.05, 0) is 37.1 Å². The van der Waals surface area contributed by atoms with Crippen molar-refractivity contribution in [3.63, 3.8) is 0 Å². The first kappa shape index (κ1) is 42.5. The van der Waals surface area contributed by atoms with E-state index < -0.39 is 0 Å². The Morgan fingerprint density at radius 3 is 0.771 bits per heavy atom. The quantitative estimate of drug-likeness (QED) is 0.0633. The lowest BCUT2D eigenvalue weighted by Crippen LogP contribution is -2.27. The van der Waals surface area contributed by atoms with Gasteiger partial charge in [0.1, 0.15) is 0 Å². The van der Waals surface area contributed by atoms with Crippen LogP contribution in [0.25, 0.3) is 0 Å². The van der Waals surface area contributed by atoms with Gasteiger partial charge in [0.25, 0.3) is 0 Å². The van der Waals surface area contributed by atoms with Gasteiger partial charge in [-0.3, -0.25) is 0 Å². The van der Waals surface area contributed by atoms with E-state index in [9.17, 15) is 0 Å². The van der Waals surface area contributed by atoms with Crippen molar-refractivity contribution in [1.82, 2.24) is 9.80 Å². The molecule has 0 saturated carbocycles. The molecule has 0 spiro atoms. The van der Waals surface area contributed by atoms with Gasteiger partial charge in [-0.1, -0.05) is 219 Å². The smallest absolute Gasteiger partial charge is 0.0647 e. The third-order valence-electron chi connectivity index (χ3n) is 10.6. The summed E-state index contributed by atoms with van der Waals surface area (Å²) in [4.78, 5) is 5.01. The molecule has 0 fully saturated rings. The van der Waals surface area contributed by atoms with Crippen molar-refractivity contribution < 1.29 is 0 Å². The highest BCUT2D eigenvalue weighted by Gasteiger charge is 2.16. The Labute approximate surface area is 301 Å². The molecular formula is C46H82N2. The van der Waals surface area contributed by atoms with Crippen molar-refractivity contribution in [3.05, 3.63) is 60.3 Å². The second kappa shape index (κ2) is 32.5. The molecule has 0 unspecified atom stereocenters. The van der Waals surface area contributed by atoms with Crippen LogP contribution in [-0.2, 0) is 0 Å². The summed E-state index contributed by atoms with van der Waals surface area (Å²) < 4.78 is 0. The summed E-state index contributed by atoms with van der Waals surface area (Å²) in [7, 11) is 0. The van der Waals surface area contributed by atoms with Gasteiger partial charge in [-0.25, -0.2) is 0 Å². The molecule has 276 valence electrons. The first-order valence-electron chi connectivity index (χ1n) is 21.8. The van der Waals surface area contributed by atoms with E-state index >= 15 is 0 Å². The minimum absolute atomic E-state index is 1.13. The average Bonchev–Trinajstić information content (AvgIpc) is 3.11. The number of rotatable bonds is 34. The van der Waals surface area contributed by atoms with Crippen LogP contribution in [0.1, 0.15) is 219 Å². The molecule has 0 radical (unpaired) electrons. The normalized spacial score (nSPS) is 15.8. The van der Waals surface area contributed by atoms with Crippen molar-refractivity contribution in [2.45, 2.75) is 219 Å². The van der Waals surface area contributed by atoms with Crippen LogP contribution in [0, 0.1) is 0 Å². The molecule has 0 amide bonds. The van der Waals surface area contributed by atoms with Crippen LogP contribution < -0.4 is 0 Å². The number of hydrogen-bond donors (Lipinski definition) is 0. The SMILES string of the molecule is CCCCCCCCCCCCCCCCCCN1C=CC=CC1=C1C=CC=CN1CCCCCCCCCCCCCCCCCC. The fourth-order valence-electron chi connectivity index (χ4n) is 7.47. The molecule has 48 heavy (non-hydrogen) atoms. The number of hydrogen-bond acceptors (Lipinski definition) is 2. The van der Waals surface area contributed by atoms with Crippen LogP contribution in [0.5, 0.6) is 0 Å². The molecule has 0 bridgehead atoms. The summed E-state index contributed by atoms with van der Waals surface area (Å²) in [6, 6.07) is 0. The maximum Gasteiger partial charge on any atom is 0.0647 e. The van der Waals surface area contributed by atoms with E-state index in [1.807, 2.05) is 0 Å². The van der Waals surface area contributed by atoms with Crippen molar-refractivity contribution >= 4 is 0 Å². The van der Waals surface area contributed by atoms with E-state index in [2.05, 4.69) is 72.5 Å². The van der Waals surface area contributed by atoms with E-state index in [-0.39, 0.29) is 0 Å². The molecule has 0 saturated heterocycles. The maximum atomic E-state index is 2.50. The molecule has 2 heterocycles. The van der Waals surface area contributed by atoms with Crippen molar-refractivity contribution in [1.29, 1.82) is 0 Å². The van der Waals surface area contributed by atoms with Gasteiger partial charge in [0, 0.05) is 25.5 Å². The number of unbranched alkanes of at least 4 members (excludes halogenated alkanes) is 30. The molecule has 0 aromatic carbocycles. The Kier molecular flexibility index (Phi) is 28.8. The molecule has 0 aromatic rings. The van der Waals surface area contributed by atoms with Gasteiger partial charge >= 0.3 is 0 Å². The molecular weight excluding hydrogens is 581 g/mol. The first-order chi connectivity index (χ1) is 23.9. The maximum absolute atomic E-state index is 2.50. The molecule has 2 rings (SSSR count). The topological polar surface area (TPSA) is 6.48 Å². The van der Waals surface area contributed by atoms with E-state index in [4.69, 9.17) is 0 Å². The van der Waals surface area contributed by atoms with E-state index in [1.54, 1.807) is 0 Å². The summed E-state index contributed by atoms with van der Waals surface area (Å²) >= 11 is 0. The third-order valence-corrected chi connectivity index (χ3v) is 10.6. The highest BCUT2D eigenvalue weighted by Crippen LogP contribution is 2.25. The number of nitrogens with zero attached hydrogens (tertiary/aromatic N) is 2. The van der Waals surface area contributed by atoms with Crippen LogP contribution in [0.2, 0.25) is 0 Å². The summed E-state index contributed by atoms with van der Waals surface area (Å²) in [6.45, 7) is 6.87. The van der Waals surface area contributed by atoms with E-state index in [0.29, 0.717) is 0 Å². The molecule has 2 aliphatic heterocycles. The van der Waals surface area contributed by atoms with E-state index in [0.717, 1.165) is 13.1 Å². The zero-order valence-electron chi connectivity index (χ0n) is 32.6. The Hall–Kier alpha value is -1.70. The standard InChI is InChI=1S/C46H82N2/c1-3-5-7-9-11-13-15-17-19-21-23-25-27-29-31-35-41-47-43-37-33-39-45(47)46-40-34-38-44-48(46)42-36-32-30-28-26-24-22-20-18-16-14-12-10-8-6-4-2/h33-34,37-40,43-44H,3-32,35-36,41-42H2,1-2H3. The highest BCUT2D eigenvalue weighted by atomic mass is 15.2. The van der Waals surface area contributed by atoms with Crippen LogP contribution in [0.4, 0.5) is 0 Å². The number of allylic oxidation sites excluding steroid dienone is 6. The summed E-state index contributed by atoms with van der Waals surface area (Å²) in [6.07, 6.45) is 63.7. The zero-order chi connectivity index (χ0) is 34.0. The monoisotopic (exact) mass is 663 g/mol. The second-order valence-electron chi connectivity index (χ2n) is 15.2. The molecule has 2 heteroatoms. The van der Waals surface area contributed by atoms with Crippen LogP contribution in [0.3, 0.4) is 0 Å². The summed E-state index contributed by atoms with van der Waals surface area (Å²) in [5.74, 6) is 0. The fraction of sp³-hybridized carbons (Fsp3) is 0.783. The van der Waals surface area contributed by atoms with Gasteiger partial charge in [0.2, 0.25) is 0 Å². The Morgan fingerprint density at radius 2 is 0.521 bits per heavy atom. The first-order valence-corrected chi connectivity index (χ1v) is 21.8. The van der Waals surface area contributed by atoms with Gasteiger partial charge in [0.15, 0.2) is 0 Å². The average molecular weight is 663 g/mol. The predicted molar refractivity (Wildman–Crippen MR) is 216 cm³/mol. The molecule has 0 N–H and O–H groups in total. The van der Waals surface area contributed by atoms with Crippen molar-refractivity contribution in [3.8, 4) is 0 Å².